The summed E-state index contributed by atoms with van der Waals surface area (Å²) < 4.78 is 11.5. The minimum Gasteiger partial charge on any atom is -0.489 e. The fourth-order valence-electron chi connectivity index (χ4n) is 2.68. The zero-order valence-electron chi connectivity index (χ0n) is 13.5. The number of ether oxygens (including phenoxy) is 2. The van der Waals surface area contributed by atoms with Crippen LogP contribution in [0.15, 0.2) is 48.5 Å². The summed E-state index contributed by atoms with van der Waals surface area (Å²) in [6, 6.07) is 15.9. The summed E-state index contributed by atoms with van der Waals surface area (Å²) in [6.07, 6.45) is 2.72. The topological polar surface area (TPSA) is 30.5 Å². The second-order valence-corrected chi connectivity index (χ2v) is 6.26. The molecule has 24 heavy (non-hydrogen) atoms. The fraction of sp³-hybridized carbons (Fsp3) is 0.368. The van der Waals surface area contributed by atoms with Crippen molar-refractivity contribution in [2.75, 3.05) is 13.2 Å². The van der Waals surface area contributed by atoms with Gasteiger partial charge in [-0.15, -0.1) is 12.4 Å². The van der Waals surface area contributed by atoms with Crippen LogP contribution in [0.3, 0.4) is 0 Å². The number of rotatable bonds is 7. The summed E-state index contributed by atoms with van der Waals surface area (Å²) in [5.74, 6) is 0.886. The minimum absolute atomic E-state index is 0. The first-order valence-corrected chi connectivity index (χ1v) is 8.46. The van der Waals surface area contributed by atoms with E-state index in [-0.39, 0.29) is 12.4 Å². The molecule has 3 nitrogen and oxygen atoms in total. The zero-order valence-corrected chi connectivity index (χ0v) is 15.1. The van der Waals surface area contributed by atoms with Gasteiger partial charge in [0.25, 0.3) is 0 Å². The largest absolute Gasteiger partial charge is 0.489 e. The molecule has 0 spiro atoms. The lowest BCUT2D eigenvalue weighted by Crippen LogP contribution is -2.25. The molecule has 5 heteroatoms. The average molecular weight is 368 g/mol. The molecular weight excluding hydrogens is 345 g/mol. The van der Waals surface area contributed by atoms with Crippen molar-refractivity contribution < 1.29 is 9.47 Å². The van der Waals surface area contributed by atoms with E-state index in [0.717, 1.165) is 42.5 Å². The number of halogens is 2. The van der Waals surface area contributed by atoms with Crippen LogP contribution in [0.25, 0.3) is 0 Å². The number of nitrogens with one attached hydrogen (secondary N) is 1. The lowest BCUT2D eigenvalue weighted by molar-refractivity contribution is 0.110. The lowest BCUT2D eigenvalue weighted by Gasteiger charge is -2.12. The summed E-state index contributed by atoms with van der Waals surface area (Å²) in [4.78, 5) is 0. The molecule has 0 amide bonds. The summed E-state index contributed by atoms with van der Waals surface area (Å²) in [5.41, 5.74) is 2.33. The fourth-order valence-corrected chi connectivity index (χ4v) is 2.80. The van der Waals surface area contributed by atoms with Gasteiger partial charge in [-0.2, -0.15) is 0 Å². The van der Waals surface area contributed by atoms with Crippen molar-refractivity contribution in [2.45, 2.75) is 32.1 Å². The van der Waals surface area contributed by atoms with Crippen molar-refractivity contribution >= 4 is 24.0 Å². The van der Waals surface area contributed by atoms with E-state index >= 15 is 0 Å². The van der Waals surface area contributed by atoms with Crippen LogP contribution in [0.5, 0.6) is 5.75 Å². The highest BCUT2D eigenvalue weighted by molar-refractivity contribution is 6.30. The molecule has 1 N–H and O–H groups in total. The monoisotopic (exact) mass is 367 g/mol. The van der Waals surface area contributed by atoms with Crippen LogP contribution >= 0.6 is 24.0 Å². The van der Waals surface area contributed by atoms with Gasteiger partial charge in [0, 0.05) is 24.7 Å². The highest BCUT2D eigenvalue weighted by atomic mass is 35.5. The quantitative estimate of drug-likeness (QED) is 0.774. The van der Waals surface area contributed by atoms with Crippen molar-refractivity contribution in [1.82, 2.24) is 5.32 Å². The molecule has 1 atom stereocenters. The van der Waals surface area contributed by atoms with E-state index in [0.29, 0.717) is 12.7 Å². The molecular formula is C19H23Cl2NO2. The Morgan fingerprint density at radius 2 is 1.96 bits per heavy atom. The van der Waals surface area contributed by atoms with E-state index in [1.807, 2.05) is 36.4 Å². The molecule has 2 aromatic carbocycles. The number of hydrogen-bond donors (Lipinski definition) is 1. The van der Waals surface area contributed by atoms with Gasteiger partial charge in [0.05, 0.1) is 6.10 Å². The molecule has 1 aliphatic heterocycles. The Kier molecular flexibility index (Phi) is 7.86. The molecule has 0 saturated carbocycles. The maximum atomic E-state index is 5.89. The molecule has 1 heterocycles. The molecule has 1 saturated heterocycles. The highest BCUT2D eigenvalue weighted by Crippen LogP contribution is 2.17. The lowest BCUT2D eigenvalue weighted by atomic mass is 10.2. The van der Waals surface area contributed by atoms with Gasteiger partial charge in [-0.25, -0.2) is 0 Å². The Hall–Kier alpha value is -1.26. The zero-order chi connectivity index (χ0) is 15.9. The summed E-state index contributed by atoms with van der Waals surface area (Å²) in [5, 5.41) is 4.20. The molecule has 0 aliphatic carbocycles. The van der Waals surface area contributed by atoms with Crippen molar-refractivity contribution in [2.24, 2.45) is 0 Å². The SMILES string of the molecule is Cl.Clc1ccc(COc2cccc(CNCC3CCCO3)c2)cc1. The van der Waals surface area contributed by atoms with Gasteiger partial charge < -0.3 is 14.8 Å². The van der Waals surface area contributed by atoms with Crippen LogP contribution in [-0.2, 0) is 17.9 Å². The van der Waals surface area contributed by atoms with Crippen LogP contribution in [0, 0.1) is 0 Å². The number of hydrogen-bond acceptors (Lipinski definition) is 3. The van der Waals surface area contributed by atoms with Crippen molar-refractivity contribution in [3.8, 4) is 5.75 Å². The first-order chi connectivity index (χ1) is 11.3. The molecule has 1 aliphatic rings. The maximum Gasteiger partial charge on any atom is 0.120 e. The van der Waals surface area contributed by atoms with Gasteiger partial charge >= 0.3 is 0 Å². The van der Waals surface area contributed by atoms with E-state index in [2.05, 4.69) is 17.4 Å². The van der Waals surface area contributed by atoms with Crippen LogP contribution in [-0.4, -0.2) is 19.3 Å². The van der Waals surface area contributed by atoms with Gasteiger partial charge in [0.1, 0.15) is 12.4 Å². The van der Waals surface area contributed by atoms with E-state index < -0.39 is 0 Å². The third-order valence-corrected chi connectivity index (χ3v) is 4.19. The third-order valence-electron chi connectivity index (χ3n) is 3.94. The van der Waals surface area contributed by atoms with E-state index in [9.17, 15) is 0 Å². The van der Waals surface area contributed by atoms with Gasteiger partial charge in [-0.1, -0.05) is 35.9 Å². The van der Waals surface area contributed by atoms with Crippen molar-refractivity contribution in [3.63, 3.8) is 0 Å². The van der Waals surface area contributed by atoms with Crippen molar-refractivity contribution in [3.05, 3.63) is 64.7 Å². The molecule has 0 bridgehead atoms. The second kappa shape index (κ2) is 9.90. The molecule has 0 radical (unpaired) electrons. The first kappa shape index (κ1) is 19.1. The van der Waals surface area contributed by atoms with E-state index in [4.69, 9.17) is 21.1 Å². The predicted octanol–water partition coefficient (Wildman–Crippen LogP) is 4.61. The summed E-state index contributed by atoms with van der Waals surface area (Å²) in [6.45, 7) is 3.19. The van der Waals surface area contributed by atoms with Crippen LogP contribution in [0.1, 0.15) is 24.0 Å². The van der Waals surface area contributed by atoms with Crippen LogP contribution in [0.2, 0.25) is 5.02 Å². The minimum atomic E-state index is 0. The molecule has 3 rings (SSSR count). The Balaban J connectivity index is 0.00000208. The van der Waals surface area contributed by atoms with E-state index in [1.54, 1.807) is 0 Å². The van der Waals surface area contributed by atoms with Gasteiger partial charge in [-0.3, -0.25) is 0 Å². The number of benzene rings is 2. The third kappa shape index (κ3) is 5.99. The second-order valence-electron chi connectivity index (χ2n) is 5.83. The maximum absolute atomic E-state index is 5.89. The Bertz CT molecular complexity index is 613. The van der Waals surface area contributed by atoms with Gasteiger partial charge in [0.2, 0.25) is 0 Å². The molecule has 1 fully saturated rings. The standard InChI is InChI=1S/C19H22ClNO2.ClH/c20-17-8-6-15(7-9-17)14-23-18-4-1-3-16(11-18)12-21-13-19-5-2-10-22-19;/h1,3-4,6-9,11,19,21H,2,5,10,12-14H2;1H. The smallest absolute Gasteiger partial charge is 0.120 e. The molecule has 0 aromatic heterocycles. The normalized spacial score (nSPS) is 16.6. The molecule has 130 valence electrons. The first-order valence-electron chi connectivity index (χ1n) is 8.08. The summed E-state index contributed by atoms with van der Waals surface area (Å²) >= 11 is 5.89. The molecule has 1 unspecified atom stereocenters. The van der Waals surface area contributed by atoms with Gasteiger partial charge in [0.15, 0.2) is 0 Å². The van der Waals surface area contributed by atoms with Crippen LogP contribution < -0.4 is 10.1 Å². The molecule has 2 aromatic rings. The Morgan fingerprint density at radius 1 is 1.12 bits per heavy atom. The van der Waals surface area contributed by atoms with Gasteiger partial charge in [-0.05, 0) is 48.2 Å². The Labute approximate surface area is 154 Å². The average Bonchev–Trinajstić information content (AvgIpc) is 3.08. The summed E-state index contributed by atoms with van der Waals surface area (Å²) in [7, 11) is 0. The highest BCUT2D eigenvalue weighted by Gasteiger charge is 2.14. The van der Waals surface area contributed by atoms with E-state index in [1.165, 1.54) is 12.0 Å². The van der Waals surface area contributed by atoms with Crippen LogP contribution in [0.4, 0.5) is 0 Å². The predicted molar refractivity (Wildman–Crippen MR) is 100 cm³/mol. The van der Waals surface area contributed by atoms with Crippen molar-refractivity contribution in [1.29, 1.82) is 0 Å². The Morgan fingerprint density at radius 3 is 2.71 bits per heavy atom.